The van der Waals surface area contributed by atoms with Gasteiger partial charge in [-0.1, -0.05) is 15.9 Å². The molecule has 1 heterocycles. The van der Waals surface area contributed by atoms with E-state index in [2.05, 4.69) is 15.9 Å². The fourth-order valence-electron chi connectivity index (χ4n) is 1.88. The molecule has 0 aromatic heterocycles. The maximum Gasteiger partial charge on any atom is 0.409 e. The van der Waals surface area contributed by atoms with Crippen molar-refractivity contribution in [3.63, 3.8) is 0 Å². The van der Waals surface area contributed by atoms with Crippen LogP contribution in [0.2, 0.25) is 0 Å². The predicted octanol–water partition coefficient (Wildman–Crippen LogP) is 1.85. The summed E-state index contributed by atoms with van der Waals surface area (Å²) in [5.41, 5.74) is 0. The van der Waals surface area contributed by atoms with Crippen LogP contribution in [0.3, 0.4) is 0 Å². The van der Waals surface area contributed by atoms with Crippen LogP contribution in [0.25, 0.3) is 0 Å². The molecule has 5 nitrogen and oxygen atoms in total. The number of carbonyl (C=O) groups is 2. The van der Waals surface area contributed by atoms with Gasteiger partial charge in [0, 0.05) is 37.9 Å². The smallest absolute Gasteiger partial charge is 0.409 e. The Labute approximate surface area is 117 Å². The molecule has 1 aliphatic rings. The third kappa shape index (κ3) is 4.84. The number of rotatable bonds is 5. The first kappa shape index (κ1) is 15.3. The molecule has 0 radical (unpaired) electrons. The van der Waals surface area contributed by atoms with Gasteiger partial charge in [0.1, 0.15) is 0 Å². The lowest BCUT2D eigenvalue weighted by atomic mass is 10.2. The van der Waals surface area contributed by atoms with Crippen LogP contribution < -0.4 is 0 Å². The molecular formula is C12H21BrN2O3. The van der Waals surface area contributed by atoms with Gasteiger partial charge in [0.15, 0.2) is 0 Å². The van der Waals surface area contributed by atoms with Crippen LogP contribution in [0.15, 0.2) is 0 Å². The summed E-state index contributed by atoms with van der Waals surface area (Å²) >= 11 is 3.35. The zero-order valence-corrected chi connectivity index (χ0v) is 12.4. The molecule has 0 unspecified atom stereocenters. The van der Waals surface area contributed by atoms with E-state index in [4.69, 9.17) is 4.74 Å². The molecule has 0 aromatic carbocycles. The van der Waals surface area contributed by atoms with Gasteiger partial charge in [-0.2, -0.15) is 0 Å². The minimum atomic E-state index is -0.274. The summed E-state index contributed by atoms with van der Waals surface area (Å²) in [7, 11) is 0. The van der Waals surface area contributed by atoms with Gasteiger partial charge in [-0.05, 0) is 19.8 Å². The molecule has 1 fully saturated rings. The van der Waals surface area contributed by atoms with Crippen molar-refractivity contribution in [2.45, 2.75) is 26.2 Å². The molecule has 2 amide bonds. The lowest BCUT2D eigenvalue weighted by Gasteiger charge is -2.34. The van der Waals surface area contributed by atoms with E-state index in [1.54, 1.807) is 11.8 Å². The number of unbranched alkanes of at least 4 members (excludes halogenated alkanes) is 1. The third-order valence-corrected chi connectivity index (χ3v) is 3.49. The van der Waals surface area contributed by atoms with Crippen LogP contribution >= 0.6 is 15.9 Å². The van der Waals surface area contributed by atoms with Gasteiger partial charge in [-0.15, -0.1) is 0 Å². The summed E-state index contributed by atoms with van der Waals surface area (Å²) in [6, 6.07) is 0. The molecular weight excluding hydrogens is 300 g/mol. The quantitative estimate of drug-likeness (QED) is 0.574. The second kappa shape index (κ2) is 8.34. The molecule has 1 saturated heterocycles. The van der Waals surface area contributed by atoms with Crippen LogP contribution in [0.1, 0.15) is 26.2 Å². The highest BCUT2D eigenvalue weighted by Crippen LogP contribution is 2.08. The highest BCUT2D eigenvalue weighted by molar-refractivity contribution is 9.09. The van der Waals surface area contributed by atoms with Crippen LogP contribution in [0.5, 0.6) is 0 Å². The summed E-state index contributed by atoms with van der Waals surface area (Å²) in [5, 5.41) is 0.941. The van der Waals surface area contributed by atoms with Crippen molar-refractivity contribution in [1.82, 2.24) is 9.80 Å². The number of hydrogen-bond donors (Lipinski definition) is 0. The molecule has 0 aromatic rings. The van der Waals surface area contributed by atoms with E-state index >= 15 is 0 Å². The first-order chi connectivity index (χ1) is 8.69. The van der Waals surface area contributed by atoms with Gasteiger partial charge in [-0.25, -0.2) is 4.79 Å². The Hall–Kier alpha value is -0.780. The molecule has 1 aliphatic heterocycles. The summed E-state index contributed by atoms with van der Waals surface area (Å²) in [6.45, 7) is 4.57. The van der Waals surface area contributed by atoms with E-state index in [-0.39, 0.29) is 12.0 Å². The second-order valence-electron chi connectivity index (χ2n) is 4.21. The van der Waals surface area contributed by atoms with Crippen LogP contribution in [0.4, 0.5) is 4.79 Å². The van der Waals surface area contributed by atoms with Gasteiger partial charge in [0.2, 0.25) is 5.91 Å². The van der Waals surface area contributed by atoms with E-state index in [9.17, 15) is 9.59 Å². The largest absolute Gasteiger partial charge is 0.450 e. The van der Waals surface area contributed by atoms with Gasteiger partial charge >= 0.3 is 6.09 Å². The highest BCUT2D eigenvalue weighted by Gasteiger charge is 2.24. The lowest BCUT2D eigenvalue weighted by molar-refractivity contribution is -0.132. The number of carbonyl (C=O) groups excluding carboxylic acids is 2. The maximum absolute atomic E-state index is 11.9. The molecule has 1 rings (SSSR count). The summed E-state index contributed by atoms with van der Waals surface area (Å²) in [4.78, 5) is 26.8. The number of amides is 2. The van der Waals surface area contributed by atoms with E-state index in [0.29, 0.717) is 39.2 Å². The van der Waals surface area contributed by atoms with Gasteiger partial charge in [0.05, 0.1) is 6.61 Å². The molecule has 6 heteroatoms. The molecule has 0 bridgehead atoms. The van der Waals surface area contributed by atoms with Crippen molar-refractivity contribution >= 4 is 27.9 Å². The fourth-order valence-corrected chi connectivity index (χ4v) is 2.28. The van der Waals surface area contributed by atoms with Gasteiger partial charge < -0.3 is 14.5 Å². The highest BCUT2D eigenvalue weighted by atomic mass is 79.9. The minimum absolute atomic E-state index is 0.194. The average Bonchev–Trinajstić information content (AvgIpc) is 2.39. The summed E-state index contributed by atoms with van der Waals surface area (Å²) in [5.74, 6) is 0.194. The Balaban J connectivity index is 2.26. The van der Waals surface area contributed by atoms with E-state index < -0.39 is 0 Å². The van der Waals surface area contributed by atoms with Crippen molar-refractivity contribution in [1.29, 1.82) is 0 Å². The Kier molecular flexibility index (Phi) is 7.08. The average molecular weight is 321 g/mol. The Morgan fingerprint density at radius 3 is 2.28 bits per heavy atom. The van der Waals surface area contributed by atoms with Crippen LogP contribution in [-0.4, -0.2) is 59.9 Å². The molecule has 104 valence electrons. The summed E-state index contributed by atoms with van der Waals surface area (Å²) in [6.07, 6.45) is 2.27. The normalized spacial score (nSPS) is 15.7. The zero-order chi connectivity index (χ0) is 13.4. The molecule has 0 N–H and O–H groups in total. The number of alkyl halides is 1. The van der Waals surface area contributed by atoms with Gasteiger partial charge in [-0.3, -0.25) is 4.79 Å². The van der Waals surface area contributed by atoms with Gasteiger partial charge in [0.25, 0.3) is 0 Å². The van der Waals surface area contributed by atoms with Crippen molar-refractivity contribution in [3.05, 3.63) is 0 Å². The standard InChI is InChI=1S/C12H21BrN2O3/c1-2-18-12(17)15-9-7-14(8-10-15)11(16)5-3-4-6-13/h2-10H2,1H3. The predicted molar refractivity (Wildman–Crippen MR) is 72.8 cm³/mol. The van der Waals surface area contributed by atoms with E-state index in [1.807, 2.05) is 4.90 Å². The van der Waals surface area contributed by atoms with Crippen LogP contribution in [-0.2, 0) is 9.53 Å². The first-order valence-corrected chi connectivity index (χ1v) is 7.56. The molecule has 0 spiro atoms. The Bertz CT molecular complexity index is 278. The first-order valence-electron chi connectivity index (χ1n) is 6.44. The number of halogens is 1. The number of hydrogen-bond acceptors (Lipinski definition) is 3. The molecule has 0 atom stereocenters. The SMILES string of the molecule is CCOC(=O)N1CCN(C(=O)CCCCBr)CC1. The Morgan fingerprint density at radius 1 is 1.11 bits per heavy atom. The molecule has 0 aliphatic carbocycles. The Morgan fingerprint density at radius 2 is 1.72 bits per heavy atom. The van der Waals surface area contributed by atoms with Crippen molar-refractivity contribution < 1.29 is 14.3 Å². The maximum atomic E-state index is 11.9. The minimum Gasteiger partial charge on any atom is -0.450 e. The monoisotopic (exact) mass is 320 g/mol. The third-order valence-electron chi connectivity index (χ3n) is 2.93. The zero-order valence-electron chi connectivity index (χ0n) is 10.9. The number of ether oxygens (including phenoxy) is 1. The van der Waals surface area contributed by atoms with E-state index in [1.165, 1.54) is 0 Å². The topological polar surface area (TPSA) is 49.9 Å². The number of nitrogens with zero attached hydrogens (tertiary/aromatic N) is 2. The van der Waals surface area contributed by atoms with E-state index in [0.717, 1.165) is 18.2 Å². The number of piperazine rings is 1. The van der Waals surface area contributed by atoms with Crippen molar-refractivity contribution in [2.75, 3.05) is 38.1 Å². The van der Waals surface area contributed by atoms with Crippen LogP contribution in [0, 0.1) is 0 Å². The molecule has 0 saturated carbocycles. The molecule has 18 heavy (non-hydrogen) atoms. The fraction of sp³-hybridized carbons (Fsp3) is 0.833. The van der Waals surface area contributed by atoms with Crippen molar-refractivity contribution in [2.24, 2.45) is 0 Å². The second-order valence-corrected chi connectivity index (χ2v) is 5.01. The van der Waals surface area contributed by atoms with Crippen molar-refractivity contribution in [3.8, 4) is 0 Å². The lowest BCUT2D eigenvalue weighted by Crippen LogP contribution is -2.50. The summed E-state index contributed by atoms with van der Waals surface area (Å²) < 4.78 is 4.93.